The molecule has 3 aromatic rings. The molecule has 5 rings (SSSR count). The summed E-state index contributed by atoms with van der Waals surface area (Å²) in [6.07, 6.45) is -1.79. The normalized spacial score (nSPS) is 24.2. The number of fused-ring (bicyclic) bond motifs is 1. The second-order valence-electron chi connectivity index (χ2n) is 8.59. The first-order chi connectivity index (χ1) is 15.5. The summed E-state index contributed by atoms with van der Waals surface area (Å²) in [6, 6.07) is 30.3. The van der Waals surface area contributed by atoms with Crippen LogP contribution in [0.4, 0.5) is 0 Å². The third-order valence-corrected chi connectivity index (χ3v) is 6.00. The molecule has 0 aliphatic carbocycles. The molecule has 0 N–H and O–H groups in total. The first-order valence-electron chi connectivity index (χ1n) is 10.9. The minimum atomic E-state index is -0.886. The molecule has 0 saturated carbocycles. The number of cyclic esters (lactones) is 1. The standard InChI is InChI=1S/C27H26O5/c1-26(2)31-23-22(30-25(28)24(23)32-26)18-29-27(19-12-6-3-7-13-19,20-14-8-4-9-15-20)21-16-10-5-11-17-21/h3-17,22-24H,18H2,1-2H3/t22?,23-,24-/m1/s1. The van der Waals surface area contributed by atoms with Gasteiger partial charge in [-0.15, -0.1) is 0 Å². The van der Waals surface area contributed by atoms with E-state index in [1.165, 1.54) is 0 Å². The van der Waals surface area contributed by atoms with Gasteiger partial charge in [0.05, 0.1) is 6.61 Å². The van der Waals surface area contributed by atoms with Gasteiger partial charge in [-0.1, -0.05) is 91.0 Å². The van der Waals surface area contributed by atoms with Crippen LogP contribution in [0.25, 0.3) is 0 Å². The van der Waals surface area contributed by atoms with Crippen LogP contribution in [0.1, 0.15) is 30.5 Å². The van der Waals surface area contributed by atoms with Crippen molar-refractivity contribution < 1.29 is 23.7 Å². The minimum absolute atomic E-state index is 0.158. The summed E-state index contributed by atoms with van der Waals surface area (Å²) < 4.78 is 24.1. The highest BCUT2D eigenvalue weighted by molar-refractivity contribution is 5.78. The second-order valence-corrected chi connectivity index (χ2v) is 8.59. The van der Waals surface area contributed by atoms with E-state index < -0.39 is 35.7 Å². The van der Waals surface area contributed by atoms with E-state index in [0.29, 0.717) is 0 Å². The van der Waals surface area contributed by atoms with E-state index in [1.807, 2.05) is 54.6 Å². The van der Waals surface area contributed by atoms with Crippen molar-refractivity contribution in [2.24, 2.45) is 0 Å². The fourth-order valence-corrected chi connectivity index (χ4v) is 4.63. The van der Waals surface area contributed by atoms with Crippen molar-refractivity contribution in [3.8, 4) is 0 Å². The van der Waals surface area contributed by atoms with Gasteiger partial charge in [0.2, 0.25) is 0 Å². The van der Waals surface area contributed by atoms with Crippen molar-refractivity contribution in [1.82, 2.24) is 0 Å². The lowest BCUT2D eigenvalue weighted by Crippen LogP contribution is -2.39. The van der Waals surface area contributed by atoms with Crippen LogP contribution < -0.4 is 0 Å². The summed E-state index contributed by atoms with van der Waals surface area (Å²) >= 11 is 0. The van der Waals surface area contributed by atoms with E-state index in [9.17, 15) is 4.79 Å². The third kappa shape index (κ3) is 3.62. The monoisotopic (exact) mass is 430 g/mol. The van der Waals surface area contributed by atoms with E-state index >= 15 is 0 Å². The van der Waals surface area contributed by atoms with Crippen molar-refractivity contribution in [3.05, 3.63) is 108 Å². The van der Waals surface area contributed by atoms with Crippen molar-refractivity contribution in [3.63, 3.8) is 0 Å². The zero-order chi connectivity index (χ0) is 22.2. The molecule has 164 valence electrons. The molecule has 3 aromatic carbocycles. The Labute approximate surface area is 187 Å². The highest BCUT2D eigenvalue weighted by Gasteiger charge is 2.56. The van der Waals surface area contributed by atoms with Gasteiger partial charge in [0.15, 0.2) is 18.0 Å². The molecule has 3 atom stereocenters. The Morgan fingerprint density at radius 1 is 0.781 bits per heavy atom. The molecular weight excluding hydrogens is 404 g/mol. The van der Waals surface area contributed by atoms with E-state index in [4.69, 9.17) is 18.9 Å². The van der Waals surface area contributed by atoms with Gasteiger partial charge in [-0.25, -0.2) is 4.79 Å². The van der Waals surface area contributed by atoms with Gasteiger partial charge in [-0.05, 0) is 30.5 Å². The Bertz CT molecular complexity index is 968. The maximum atomic E-state index is 12.4. The van der Waals surface area contributed by atoms with Gasteiger partial charge < -0.3 is 18.9 Å². The molecule has 2 heterocycles. The second kappa shape index (κ2) is 8.17. The van der Waals surface area contributed by atoms with Crippen molar-refractivity contribution in [2.45, 2.75) is 43.5 Å². The van der Waals surface area contributed by atoms with E-state index in [0.717, 1.165) is 16.7 Å². The fourth-order valence-electron chi connectivity index (χ4n) is 4.63. The van der Waals surface area contributed by atoms with Crippen LogP contribution in [-0.2, 0) is 29.3 Å². The maximum absolute atomic E-state index is 12.4. The number of carbonyl (C=O) groups excluding carboxylic acids is 1. The molecule has 2 fully saturated rings. The molecule has 2 aliphatic heterocycles. The van der Waals surface area contributed by atoms with Crippen LogP contribution in [0.3, 0.4) is 0 Å². The molecule has 0 amide bonds. The summed E-state index contributed by atoms with van der Waals surface area (Å²) in [6.45, 7) is 3.77. The maximum Gasteiger partial charge on any atom is 0.338 e. The van der Waals surface area contributed by atoms with Crippen LogP contribution in [-0.4, -0.2) is 36.7 Å². The molecular formula is C27H26O5. The molecule has 1 unspecified atom stereocenters. The molecule has 0 radical (unpaired) electrons. The Kier molecular flexibility index (Phi) is 5.33. The molecule has 2 aliphatic rings. The minimum Gasteiger partial charge on any atom is -0.455 e. The van der Waals surface area contributed by atoms with Crippen LogP contribution >= 0.6 is 0 Å². The van der Waals surface area contributed by atoms with Gasteiger partial charge in [0.1, 0.15) is 11.7 Å². The molecule has 0 spiro atoms. The van der Waals surface area contributed by atoms with Gasteiger partial charge in [-0.2, -0.15) is 0 Å². The van der Waals surface area contributed by atoms with Crippen molar-refractivity contribution in [2.75, 3.05) is 6.61 Å². The highest BCUT2D eigenvalue weighted by Crippen LogP contribution is 2.42. The van der Waals surface area contributed by atoms with Gasteiger partial charge in [0, 0.05) is 0 Å². The lowest BCUT2D eigenvalue weighted by atomic mass is 9.80. The number of benzene rings is 3. The topological polar surface area (TPSA) is 54.0 Å². The fraction of sp³-hybridized carbons (Fsp3) is 0.296. The largest absolute Gasteiger partial charge is 0.455 e. The first-order valence-corrected chi connectivity index (χ1v) is 10.9. The van der Waals surface area contributed by atoms with Crippen LogP contribution in [0.2, 0.25) is 0 Å². The lowest BCUT2D eigenvalue weighted by molar-refractivity contribution is -0.192. The van der Waals surface area contributed by atoms with Crippen LogP contribution in [0.5, 0.6) is 0 Å². The number of esters is 1. The van der Waals surface area contributed by atoms with Gasteiger partial charge in [0.25, 0.3) is 0 Å². The molecule has 0 aromatic heterocycles. The quantitative estimate of drug-likeness (QED) is 0.428. The Morgan fingerprint density at radius 3 is 1.72 bits per heavy atom. The summed E-state index contributed by atoms with van der Waals surface area (Å²) in [5.74, 6) is -1.23. The number of ether oxygens (including phenoxy) is 4. The summed E-state index contributed by atoms with van der Waals surface area (Å²) in [5.41, 5.74) is 2.08. The van der Waals surface area contributed by atoms with E-state index in [-0.39, 0.29) is 6.61 Å². The van der Waals surface area contributed by atoms with Gasteiger partial charge in [-0.3, -0.25) is 0 Å². The predicted octanol–water partition coefficient (Wildman–Crippen LogP) is 4.44. The molecule has 0 bridgehead atoms. The van der Waals surface area contributed by atoms with Gasteiger partial charge >= 0.3 is 5.97 Å². The molecule has 5 nitrogen and oxygen atoms in total. The number of hydrogen-bond donors (Lipinski definition) is 0. The Hall–Kier alpha value is -2.99. The summed E-state index contributed by atoms with van der Waals surface area (Å²) in [7, 11) is 0. The average molecular weight is 431 g/mol. The average Bonchev–Trinajstić information content (AvgIpc) is 3.29. The number of hydrogen-bond acceptors (Lipinski definition) is 5. The van der Waals surface area contributed by atoms with E-state index in [1.54, 1.807) is 13.8 Å². The van der Waals surface area contributed by atoms with Crippen molar-refractivity contribution >= 4 is 5.97 Å². The van der Waals surface area contributed by atoms with Crippen LogP contribution in [0, 0.1) is 0 Å². The van der Waals surface area contributed by atoms with Crippen LogP contribution in [0.15, 0.2) is 91.0 Å². The predicted molar refractivity (Wildman–Crippen MR) is 119 cm³/mol. The molecule has 32 heavy (non-hydrogen) atoms. The molecule has 5 heteroatoms. The van der Waals surface area contributed by atoms with E-state index in [2.05, 4.69) is 36.4 Å². The zero-order valence-corrected chi connectivity index (χ0v) is 18.1. The number of carbonyl (C=O) groups is 1. The smallest absolute Gasteiger partial charge is 0.338 e. The Balaban J connectivity index is 1.56. The third-order valence-electron chi connectivity index (χ3n) is 6.00. The molecule has 2 saturated heterocycles. The lowest BCUT2D eigenvalue weighted by Gasteiger charge is -2.37. The zero-order valence-electron chi connectivity index (χ0n) is 18.1. The summed E-state index contributed by atoms with van der Waals surface area (Å²) in [4.78, 5) is 12.4. The highest BCUT2D eigenvalue weighted by atomic mass is 16.8. The SMILES string of the molecule is CC1(C)O[C@@H]2C(COC(c3ccccc3)(c3ccccc3)c3ccccc3)OC(=O)[C@@H]2O1. The van der Waals surface area contributed by atoms with Crippen molar-refractivity contribution in [1.29, 1.82) is 0 Å². The Morgan fingerprint density at radius 2 is 1.25 bits per heavy atom. The first kappa shape index (κ1) is 20.9. The summed E-state index contributed by atoms with van der Waals surface area (Å²) in [5, 5.41) is 0. The number of rotatable bonds is 6.